The van der Waals surface area contributed by atoms with E-state index in [1.807, 2.05) is 46.8 Å². The Hall–Kier alpha value is -1.50. The maximum absolute atomic E-state index is 12.8. The fourth-order valence-electron chi connectivity index (χ4n) is 3.41. The number of nitrogens with one attached hydrogen (secondary N) is 1. The molecule has 0 bridgehead atoms. The normalized spacial score (nSPS) is 17.9. The first-order valence-electron chi connectivity index (χ1n) is 9.68. The van der Waals surface area contributed by atoms with Crippen LogP contribution in [0.25, 0.3) is 11.0 Å². The Bertz CT molecular complexity index is 866. The monoisotopic (exact) mass is 390 g/mol. The number of hydrogen-bond donors (Lipinski definition) is 1. The van der Waals surface area contributed by atoms with Gasteiger partial charge in [-0.1, -0.05) is 6.07 Å². The van der Waals surface area contributed by atoms with Crippen molar-refractivity contribution in [3.8, 4) is 0 Å². The zero-order chi connectivity index (χ0) is 19.8. The molecule has 2 aromatic rings. The highest BCUT2D eigenvalue weighted by molar-refractivity contribution is 7.90. The van der Waals surface area contributed by atoms with Gasteiger partial charge in [0.05, 0.1) is 11.4 Å². The van der Waals surface area contributed by atoms with Crippen LogP contribution >= 0.6 is 0 Å². The molecule has 0 spiro atoms. The summed E-state index contributed by atoms with van der Waals surface area (Å²) in [4.78, 5) is 14.9. The average molecular weight is 391 g/mol. The van der Waals surface area contributed by atoms with Crippen molar-refractivity contribution in [3.05, 3.63) is 39.5 Å². The molecule has 3 rings (SSSR count). The second-order valence-electron chi connectivity index (χ2n) is 8.45. The van der Waals surface area contributed by atoms with E-state index < -0.39 is 11.4 Å². The molecular formula is C21H30N2O3S. The molecule has 27 heavy (non-hydrogen) atoms. The minimum atomic E-state index is -1.21. The van der Waals surface area contributed by atoms with E-state index in [1.54, 1.807) is 6.07 Å². The van der Waals surface area contributed by atoms with Crippen molar-refractivity contribution in [3.63, 3.8) is 0 Å². The van der Waals surface area contributed by atoms with Gasteiger partial charge in [-0.25, -0.2) is 0 Å². The molecule has 148 valence electrons. The average Bonchev–Trinajstić information content (AvgIpc) is 2.61. The van der Waals surface area contributed by atoms with Crippen molar-refractivity contribution >= 4 is 28.2 Å². The minimum absolute atomic E-state index is 0.0223. The standard InChI is InChI=1S/C21H30N2O3S/c1-14-11-16(15(2)22-27(25)21(3,4)5)20-17(12-14)18(24)13-19(26-20)23-9-7-6-8-10-23/h11-13,15,22H,6-10H2,1-5H3/t15-,27?/m1/s1. The molecule has 0 aliphatic carbocycles. The van der Waals surface area contributed by atoms with Gasteiger partial charge in [0.1, 0.15) is 10.3 Å². The third-order valence-corrected chi connectivity index (χ3v) is 6.64. The van der Waals surface area contributed by atoms with Gasteiger partial charge in [0, 0.05) is 36.1 Å². The summed E-state index contributed by atoms with van der Waals surface area (Å²) >= 11 is -1.21. The highest BCUT2D eigenvalue weighted by atomic mass is 32.2. The van der Waals surface area contributed by atoms with Crippen LogP contribution < -0.4 is 15.1 Å². The van der Waals surface area contributed by atoms with Crippen LogP contribution in [0.4, 0.5) is 5.88 Å². The first-order chi connectivity index (χ1) is 12.7. The van der Waals surface area contributed by atoms with Gasteiger partial charge in [0.15, 0.2) is 11.3 Å². The summed E-state index contributed by atoms with van der Waals surface area (Å²) in [5.41, 5.74) is 2.44. The molecule has 1 aliphatic rings. The minimum Gasteiger partial charge on any atom is -0.598 e. The van der Waals surface area contributed by atoms with E-state index in [1.165, 1.54) is 6.42 Å². The molecule has 0 saturated carbocycles. The maximum Gasteiger partial charge on any atom is 0.199 e. The summed E-state index contributed by atoms with van der Waals surface area (Å²) in [7, 11) is 0. The molecule has 1 aromatic carbocycles. The highest BCUT2D eigenvalue weighted by Gasteiger charge is 2.29. The third-order valence-electron chi connectivity index (χ3n) is 4.96. The zero-order valence-electron chi connectivity index (χ0n) is 16.9. The van der Waals surface area contributed by atoms with Crippen LogP contribution in [0.15, 0.2) is 27.4 Å². The maximum atomic E-state index is 12.8. The lowest BCUT2D eigenvalue weighted by molar-refractivity contribution is 0.507. The number of aryl methyl sites for hydroxylation is 1. The lowest BCUT2D eigenvalue weighted by Gasteiger charge is -2.28. The Balaban J connectivity index is 2.05. The molecule has 0 radical (unpaired) electrons. The van der Waals surface area contributed by atoms with Crippen molar-refractivity contribution in [2.45, 2.75) is 64.7 Å². The van der Waals surface area contributed by atoms with Gasteiger partial charge in [0.2, 0.25) is 0 Å². The third kappa shape index (κ3) is 4.50. The van der Waals surface area contributed by atoms with E-state index in [2.05, 4.69) is 9.62 Å². The van der Waals surface area contributed by atoms with Crippen molar-refractivity contribution < 1.29 is 8.97 Å². The molecule has 1 N–H and O–H groups in total. The summed E-state index contributed by atoms with van der Waals surface area (Å²) in [6.45, 7) is 11.6. The lowest BCUT2D eigenvalue weighted by Crippen LogP contribution is -2.40. The lowest BCUT2D eigenvalue weighted by atomic mass is 10.0. The summed E-state index contributed by atoms with van der Waals surface area (Å²) in [5, 5.41) is 0.584. The zero-order valence-corrected chi connectivity index (χ0v) is 17.7. The van der Waals surface area contributed by atoms with Crippen LogP contribution in [0.2, 0.25) is 0 Å². The highest BCUT2D eigenvalue weighted by Crippen LogP contribution is 2.30. The number of fused-ring (bicyclic) bond motifs is 1. The second kappa shape index (κ2) is 7.86. The molecule has 0 amide bonds. The molecule has 1 fully saturated rings. The van der Waals surface area contributed by atoms with Crippen LogP contribution in [0.3, 0.4) is 0 Å². The number of hydrogen-bond acceptors (Lipinski definition) is 5. The predicted octanol–water partition coefficient (Wildman–Crippen LogP) is 4.20. The van der Waals surface area contributed by atoms with Gasteiger partial charge in [0.25, 0.3) is 0 Å². The van der Waals surface area contributed by atoms with E-state index in [4.69, 9.17) is 4.42 Å². The molecule has 1 unspecified atom stereocenters. The van der Waals surface area contributed by atoms with Gasteiger partial charge in [-0.3, -0.25) is 4.79 Å². The number of anilines is 1. The van der Waals surface area contributed by atoms with Gasteiger partial charge in [-0.2, -0.15) is 0 Å². The van der Waals surface area contributed by atoms with Crippen molar-refractivity contribution in [2.75, 3.05) is 18.0 Å². The molecule has 2 heterocycles. The Labute approximate surface area is 164 Å². The Kier molecular flexibility index (Phi) is 5.89. The van der Waals surface area contributed by atoms with E-state index >= 15 is 0 Å². The van der Waals surface area contributed by atoms with Crippen LogP contribution in [0, 0.1) is 6.92 Å². The SMILES string of the molecule is Cc1cc([C@@H](C)N[S+]([O-])C(C)(C)C)c2oc(N3CCCCC3)cc(=O)c2c1. The Morgan fingerprint density at radius 1 is 1.19 bits per heavy atom. The summed E-state index contributed by atoms with van der Waals surface area (Å²) in [6.07, 6.45) is 3.45. The number of benzene rings is 1. The van der Waals surface area contributed by atoms with E-state index in [-0.39, 0.29) is 16.2 Å². The van der Waals surface area contributed by atoms with E-state index in [0.29, 0.717) is 16.9 Å². The van der Waals surface area contributed by atoms with E-state index in [9.17, 15) is 9.35 Å². The quantitative estimate of drug-likeness (QED) is 0.792. The van der Waals surface area contributed by atoms with Gasteiger partial charge in [-0.05, 0) is 65.5 Å². The van der Waals surface area contributed by atoms with Gasteiger partial charge in [-0.15, -0.1) is 4.72 Å². The Morgan fingerprint density at radius 3 is 2.48 bits per heavy atom. The molecule has 1 saturated heterocycles. The molecule has 2 atom stereocenters. The second-order valence-corrected chi connectivity index (χ2v) is 10.4. The van der Waals surface area contributed by atoms with Crippen molar-refractivity contribution in [2.24, 2.45) is 0 Å². The van der Waals surface area contributed by atoms with Crippen LogP contribution in [-0.2, 0) is 11.4 Å². The Morgan fingerprint density at radius 2 is 1.85 bits per heavy atom. The fraction of sp³-hybridized carbons (Fsp3) is 0.571. The molecule has 5 nitrogen and oxygen atoms in total. The summed E-state index contributed by atoms with van der Waals surface area (Å²) in [5.74, 6) is 0.640. The topological polar surface area (TPSA) is 68.5 Å². The first-order valence-corrected chi connectivity index (χ1v) is 10.8. The first kappa shape index (κ1) is 20.2. The van der Waals surface area contributed by atoms with Crippen molar-refractivity contribution in [1.29, 1.82) is 0 Å². The van der Waals surface area contributed by atoms with Gasteiger partial charge >= 0.3 is 0 Å². The molecule has 1 aliphatic heterocycles. The summed E-state index contributed by atoms with van der Waals surface area (Å²) in [6, 6.07) is 5.30. The number of rotatable bonds is 4. The summed E-state index contributed by atoms with van der Waals surface area (Å²) < 4.78 is 21.6. The molecular weight excluding hydrogens is 360 g/mol. The fourth-order valence-corrected chi connectivity index (χ4v) is 4.22. The predicted molar refractivity (Wildman–Crippen MR) is 113 cm³/mol. The van der Waals surface area contributed by atoms with Crippen LogP contribution in [0.1, 0.15) is 64.1 Å². The smallest absolute Gasteiger partial charge is 0.199 e. The molecule has 1 aromatic heterocycles. The number of nitrogens with zero attached hydrogens (tertiary/aromatic N) is 1. The molecule has 6 heteroatoms. The van der Waals surface area contributed by atoms with Crippen molar-refractivity contribution in [1.82, 2.24) is 4.72 Å². The van der Waals surface area contributed by atoms with Gasteiger partial charge < -0.3 is 13.9 Å². The van der Waals surface area contributed by atoms with Crippen LogP contribution in [-0.4, -0.2) is 22.4 Å². The largest absolute Gasteiger partial charge is 0.598 e. The number of piperidine rings is 1. The van der Waals surface area contributed by atoms with Crippen LogP contribution in [0.5, 0.6) is 0 Å². The van der Waals surface area contributed by atoms with E-state index in [0.717, 1.165) is 37.1 Å².